The van der Waals surface area contributed by atoms with E-state index in [0.29, 0.717) is 49.5 Å². The maximum absolute atomic E-state index is 11.9. The molecule has 28 heavy (non-hydrogen) atoms. The zero-order valence-electron chi connectivity index (χ0n) is 17.8. The molecule has 0 spiro atoms. The molecule has 1 fully saturated rings. The topological polar surface area (TPSA) is 78.3 Å². The molecule has 1 heterocycles. The predicted octanol–water partition coefficient (Wildman–Crippen LogP) is 3.39. The highest BCUT2D eigenvalue weighted by atomic mass is 16.5. The van der Waals surface area contributed by atoms with Gasteiger partial charge in [0.1, 0.15) is 0 Å². The third kappa shape index (κ3) is 5.46. The van der Waals surface area contributed by atoms with E-state index in [9.17, 15) is 4.79 Å². The van der Waals surface area contributed by atoms with Crippen LogP contribution >= 0.6 is 0 Å². The van der Waals surface area contributed by atoms with Crippen molar-refractivity contribution in [2.24, 2.45) is 23.7 Å². The van der Waals surface area contributed by atoms with Crippen molar-refractivity contribution in [1.82, 2.24) is 20.3 Å². The Hall–Kier alpha value is -1.63. The lowest BCUT2D eigenvalue weighted by molar-refractivity contribution is 0.112. The second kappa shape index (κ2) is 9.72. The molecule has 1 saturated carbocycles. The molecule has 7 heteroatoms. The summed E-state index contributed by atoms with van der Waals surface area (Å²) in [6, 6.07) is 0.350. The lowest BCUT2D eigenvalue weighted by atomic mass is 10.0. The standard InChI is InChI=1S/C21H36N4O3/c1-14(2)9-11-27-12-10-22-21(26)28-13-18-16-5-7-19-20(8-6-17(16)18)25(15(3)4)24-23-19/h14-18H,5-13H2,1-4H3,(H,22,26). The summed E-state index contributed by atoms with van der Waals surface area (Å²) in [5.74, 6) is 2.46. The number of hydrogen-bond acceptors (Lipinski definition) is 5. The molecular weight excluding hydrogens is 356 g/mol. The molecule has 2 aliphatic carbocycles. The maximum atomic E-state index is 11.9. The molecule has 158 valence electrons. The SMILES string of the molecule is CC(C)CCOCCNC(=O)OCC1C2CCc3nnn(C(C)C)c3CCC21. The summed E-state index contributed by atoms with van der Waals surface area (Å²) in [7, 11) is 0. The fourth-order valence-corrected chi connectivity index (χ4v) is 4.32. The molecule has 2 aliphatic rings. The van der Waals surface area contributed by atoms with Crippen LogP contribution in [0.1, 0.15) is 64.4 Å². The first-order valence-electron chi connectivity index (χ1n) is 10.9. The summed E-state index contributed by atoms with van der Waals surface area (Å²) in [5, 5.41) is 11.5. The van der Waals surface area contributed by atoms with Gasteiger partial charge in [0.25, 0.3) is 0 Å². The molecule has 3 unspecified atom stereocenters. The van der Waals surface area contributed by atoms with Crippen molar-refractivity contribution in [2.45, 2.75) is 65.8 Å². The number of aryl methyl sites for hydroxylation is 1. The largest absolute Gasteiger partial charge is 0.449 e. The number of carbonyl (C=O) groups is 1. The first kappa shape index (κ1) is 21.1. The second-order valence-corrected chi connectivity index (χ2v) is 8.91. The summed E-state index contributed by atoms with van der Waals surface area (Å²) < 4.78 is 13.0. The first-order valence-corrected chi connectivity index (χ1v) is 10.9. The van der Waals surface area contributed by atoms with Gasteiger partial charge < -0.3 is 14.8 Å². The minimum absolute atomic E-state index is 0.327. The van der Waals surface area contributed by atoms with Gasteiger partial charge in [-0.3, -0.25) is 0 Å². The number of ether oxygens (including phenoxy) is 2. The van der Waals surface area contributed by atoms with E-state index in [1.165, 1.54) is 5.69 Å². The number of rotatable bonds is 9. The van der Waals surface area contributed by atoms with Crippen molar-refractivity contribution >= 4 is 6.09 Å². The van der Waals surface area contributed by atoms with Crippen LogP contribution in [0.3, 0.4) is 0 Å². The average molecular weight is 393 g/mol. The van der Waals surface area contributed by atoms with Gasteiger partial charge in [0.05, 0.1) is 24.6 Å². The summed E-state index contributed by atoms with van der Waals surface area (Å²) in [4.78, 5) is 11.9. The number of nitrogens with zero attached hydrogens (tertiary/aromatic N) is 3. The number of aromatic nitrogens is 3. The quantitative estimate of drug-likeness (QED) is 0.652. The third-order valence-corrected chi connectivity index (χ3v) is 6.06. The van der Waals surface area contributed by atoms with Gasteiger partial charge in [-0.1, -0.05) is 19.1 Å². The minimum atomic E-state index is -0.327. The molecule has 3 rings (SSSR count). The van der Waals surface area contributed by atoms with E-state index in [2.05, 4.69) is 48.0 Å². The van der Waals surface area contributed by atoms with E-state index in [-0.39, 0.29) is 6.09 Å². The smallest absolute Gasteiger partial charge is 0.407 e. The Morgan fingerprint density at radius 1 is 1.18 bits per heavy atom. The summed E-state index contributed by atoms with van der Waals surface area (Å²) >= 11 is 0. The highest BCUT2D eigenvalue weighted by molar-refractivity contribution is 5.67. The molecular formula is C21H36N4O3. The highest BCUT2D eigenvalue weighted by Crippen LogP contribution is 2.52. The minimum Gasteiger partial charge on any atom is -0.449 e. The summed E-state index contributed by atoms with van der Waals surface area (Å²) in [6.45, 7) is 11.0. The van der Waals surface area contributed by atoms with Gasteiger partial charge >= 0.3 is 6.09 Å². The second-order valence-electron chi connectivity index (χ2n) is 8.91. The van der Waals surface area contributed by atoms with Gasteiger partial charge in [0.2, 0.25) is 0 Å². The number of amides is 1. The zero-order valence-corrected chi connectivity index (χ0v) is 17.8. The van der Waals surface area contributed by atoms with Gasteiger partial charge in [-0.15, -0.1) is 5.10 Å². The molecule has 1 aromatic rings. The Morgan fingerprint density at radius 2 is 1.93 bits per heavy atom. The lowest BCUT2D eigenvalue weighted by Crippen LogP contribution is -2.28. The van der Waals surface area contributed by atoms with E-state index in [1.54, 1.807) is 0 Å². The number of nitrogens with one attached hydrogen (secondary N) is 1. The zero-order chi connectivity index (χ0) is 20.1. The Balaban J connectivity index is 1.34. The normalized spacial score (nSPS) is 23.7. The first-order chi connectivity index (χ1) is 13.5. The van der Waals surface area contributed by atoms with Crippen LogP contribution in [0.15, 0.2) is 0 Å². The van der Waals surface area contributed by atoms with Gasteiger partial charge in [0.15, 0.2) is 0 Å². The number of alkyl carbamates (subject to hydrolysis) is 1. The fraction of sp³-hybridized carbons (Fsp3) is 0.857. The Morgan fingerprint density at radius 3 is 2.64 bits per heavy atom. The van der Waals surface area contributed by atoms with E-state index in [0.717, 1.165) is 44.4 Å². The van der Waals surface area contributed by atoms with Gasteiger partial charge in [-0.25, -0.2) is 9.48 Å². The number of fused-ring (bicyclic) bond motifs is 2. The van der Waals surface area contributed by atoms with E-state index in [1.807, 2.05) is 0 Å². The van der Waals surface area contributed by atoms with Crippen molar-refractivity contribution in [1.29, 1.82) is 0 Å². The molecule has 1 amide bonds. The molecule has 0 bridgehead atoms. The average Bonchev–Trinajstić information content (AvgIpc) is 3.11. The van der Waals surface area contributed by atoms with E-state index < -0.39 is 0 Å². The number of carbonyl (C=O) groups excluding carboxylic acids is 1. The van der Waals surface area contributed by atoms with Crippen LogP contribution in [-0.2, 0) is 22.3 Å². The monoisotopic (exact) mass is 392 g/mol. The molecule has 7 nitrogen and oxygen atoms in total. The summed E-state index contributed by atoms with van der Waals surface area (Å²) in [6.07, 6.45) is 4.98. The Kier molecular flexibility index (Phi) is 7.32. The fourth-order valence-electron chi connectivity index (χ4n) is 4.32. The van der Waals surface area contributed by atoms with Crippen LogP contribution in [-0.4, -0.2) is 47.5 Å². The van der Waals surface area contributed by atoms with Gasteiger partial charge in [-0.2, -0.15) is 0 Å². The van der Waals surface area contributed by atoms with Gasteiger partial charge in [-0.05, 0) is 69.6 Å². The van der Waals surface area contributed by atoms with Crippen LogP contribution in [0, 0.1) is 23.7 Å². The molecule has 1 N–H and O–H groups in total. The van der Waals surface area contributed by atoms with Crippen LogP contribution in [0.2, 0.25) is 0 Å². The van der Waals surface area contributed by atoms with Crippen molar-refractivity contribution in [3.8, 4) is 0 Å². The molecule has 0 radical (unpaired) electrons. The molecule has 0 aromatic carbocycles. The molecule has 3 atom stereocenters. The van der Waals surface area contributed by atoms with Crippen molar-refractivity contribution in [3.05, 3.63) is 11.4 Å². The van der Waals surface area contributed by atoms with E-state index in [4.69, 9.17) is 9.47 Å². The maximum Gasteiger partial charge on any atom is 0.407 e. The predicted molar refractivity (Wildman–Crippen MR) is 107 cm³/mol. The van der Waals surface area contributed by atoms with Crippen molar-refractivity contribution in [3.63, 3.8) is 0 Å². The Bertz CT molecular complexity index is 644. The third-order valence-electron chi connectivity index (χ3n) is 6.06. The highest BCUT2D eigenvalue weighted by Gasteiger charge is 2.50. The lowest BCUT2D eigenvalue weighted by Gasteiger charge is -2.12. The van der Waals surface area contributed by atoms with Crippen LogP contribution in [0.5, 0.6) is 0 Å². The Labute approximate surface area is 168 Å². The number of hydrogen-bond donors (Lipinski definition) is 1. The molecule has 0 saturated heterocycles. The molecule has 0 aliphatic heterocycles. The van der Waals surface area contributed by atoms with Gasteiger partial charge in [0, 0.05) is 19.2 Å². The summed E-state index contributed by atoms with van der Waals surface area (Å²) in [5.41, 5.74) is 2.46. The van der Waals surface area contributed by atoms with Crippen molar-refractivity contribution < 1.29 is 14.3 Å². The van der Waals surface area contributed by atoms with Crippen LogP contribution < -0.4 is 5.32 Å². The van der Waals surface area contributed by atoms with E-state index >= 15 is 0 Å². The molecule has 1 aromatic heterocycles. The van der Waals surface area contributed by atoms with Crippen LogP contribution in [0.25, 0.3) is 0 Å². The van der Waals surface area contributed by atoms with Crippen LogP contribution in [0.4, 0.5) is 4.79 Å². The van der Waals surface area contributed by atoms with Crippen molar-refractivity contribution in [2.75, 3.05) is 26.4 Å².